The van der Waals surface area contributed by atoms with Gasteiger partial charge in [0.25, 0.3) is 0 Å². The molecule has 1 unspecified atom stereocenters. The molecule has 1 aliphatic rings. The maximum absolute atomic E-state index is 12.4. The van der Waals surface area contributed by atoms with E-state index in [4.69, 9.17) is 5.10 Å². The van der Waals surface area contributed by atoms with E-state index in [-0.39, 0.29) is 28.8 Å². The first-order chi connectivity index (χ1) is 22.2. The Morgan fingerprint density at radius 1 is 1.09 bits per heavy atom. The van der Waals surface area contributed by atoms with Gasteiger partial charge in [0.15, 0.2) is 15.7 Å². The summed E-state index contributed by atoms with van der Waals surface area (Å²) >= 11 is 0. The Morgan fingerprint density at radius 2 is 1.83 bits per heavy atom. The molecule has 46 heavy (non-hydrogen) atoms. The molecule has 2 aromatic carbocycles. The summed E-state index contributed by atoms with van der Waals surface area (Å²) in [6.07, 6.45) is 7.65. The Labute approximate surface area is 271 Å². The normalized spacial score (nSPS) is 15.5. The van der Waals surface area contributed by atoms with Crippen LogP contribution in [0.1, 0.15) is 82.4 Å². The van der Waals surface area contributed by atoms with Gasteiger partial charge in [-0.1, -0.05) is 69.4 Å². The smallest absolute Gasteiger partial charge is 0.221 e. The standard InChI is InChI=1S/C34H42N8O3S/c1-4-5-6-7-8-12-18-41(19-13-17-35)32-22-30(37-26(3)43)31(21-25(32)2)38-39-34-29(23-36)33(27-14-10-9-11-15-27)40-42(34)28-16-20-46(44,45)24-28/h9-11,14-15,21-22,28H,4-8,12-13,16,18-20,24H2,1-3H3,(H,37,43). The number of nitriles is 2. The summed E-state index contributed by atoms with van der Waals surface area (Å²) in [5, 5.41) is 36.1. The number of aryl methyl sites for hydroxylation is 1. The Bertz CT molecular complexity index is 1740. The van der Waals surface area contributed by atoms with E-state index >= 15 is 0 Å². The van der Waals surface area contributed by atoms with Crippen LogP contribution in [-0.2, 0) is 14.6 Å². The lowest BCUT2D eigenvalue weighted by Crippen LogP contribution is -2.26. The zero-order valence-electron chi connectivity index (χ0n) is 26.9. The lowest BCUT2D eigenvalue weighted by Gasteiger charge is -2.27. The number of nitrogens with zero attached hydrogens (tertiary/aromatic N) is 7. The van der Waals surface area contributed by atoms with Gasteiger partial charge in [-0.25, -0.2) is 13.1 Å². The van der Waals surface area contributed by atoms with Crippen molar-refractivity contribution in [2.24, 2.45) is 10.2 Å². The number of rotatable bonds is 15. The molecule has 12 heteroatoms. The molecule has 0 bridgehead atoms. The molecule has 0 saturated carbocycles. The number of benzene rings is 2. The first-order valence-electron chi connectivity index (χ1n) is 15.9. The third-order valence-electron chi connectivity index (χ3n) is 8.09. The maximum atomic E-state index is 12.4. The van der Waals surface area contributed by atoms with Gasteiger partial charge < -0.3 is 10.2 Å². The minimum Gasteiger partial charge on any atom is -0.370 e. The average molecular weight is 643 g/mol. The van der Waals surface area contributed by atoms with Gasteiger partial charge in [-0.3, -0.25) is 4.79 Å². The third kappa shape index (κ3) is 8.79. The number of anilines is 2. The molecule has 0 spiro atoms. The third-order valence-corrected chi connectivity index (χ3v) is 9.84. The number of hydrogen-bond donors (Lipinski definition) is 1. The number of unbranched alkanes of at least 4 members (excludes halogenated alkanes) is 5. The number of carbonyl (C=O) groups excluding carboxylic acids is 1. The number of amides is 1. The molecule has 2 heterocycles. The fraction of sp³-hybridized carbons (Fsp3) is 0.471. The van der Waals surface area contributed by atoms with E-state index in [1.54, 1.807) is 0 Å². The van der Waals surface area contributed by atoms with Gasteiger partial charge in [0, 0.05) is 31.3 Å². The van der Waals surface area contributed by atoms with Crippen molar-refractivity contribution in [3.63, 3.8) is 0 Å². The molecule has 242 valence electrons. The molecule has 3 aromatic rings. The van der Waals surface area contributed by atoms with E-state index < -0.39 is 15.9 Å². The second-order valence-corrected chi connectivity index (χ2v) is 14.0. The van der Waals surface area contributed by atoms with Crippen LogP contribution in [0.25, 0.3) is 11.3 Å². The molecule has 1 aromatic heterocycles. The highest BCUT2D eigenvalue weighted by Crippen LogP contribution is 2.39. The minimum atomic E-state index is -3.25. The Kier molecular flexibility index (Phi) is 12.0. The predicted molar refractivity (Wildman–Crippen MR) is 180 cm³/mol. The highest BCUT2D eigenvalue weighted by Gasteiger charge is 2.33. The average Bonchev–Trinajstić information content (AvgIpc) is 3.59. The molecule has 1 amide bonds. The molecular weight excluding hydrogens is 600 g/mol. The SMILES string of the molecule is CCCCCCCCN(CCC#N)c1cc(NC(C)=O)c(N=Nc2c(C#N)c(-c3ccccc3)nn2C2CCS(=O)(=O)C2)cc1C. The van der Waals surface area contributed by atoms with E-state index in [1.165, 1.54) is 37.3 Å². The summed E-state index contributed by atoms with van der Waals surface area (Å²) in [4.78, 5) is 14.5. The van der Waals surface area contributed by atoms with Gasteiger partial charge in [0.05, 0.1) is 35.7 Å². The molecule has 1 fully saturated rings. The van der Waals surface area contributed by atoms with Crippen molar-refractivity contribution in [3.05, 3.63) is 53.6 Å². The number of carbonyl (C=O) groups is 1. The molecular formula is C34H42N8O3S. The molecule has 1 atom stereocenters. The van der Waals surface area contributed by atoms with Gasteiger partial charge in [-0.05, 0) is 37.5 Å². The van der Waals surface area contributed by atoms with Crippen LogP contribution in [-0.4, -0.2) is 48.7 Å². The van der Waals surface area contributed by atoms with E-state index in [9.17, 15) is 23.7 Å². The zero-order valence-corrected chi connectivity index (χ0v) is 27.7. The Hall–Kier alpha value is -4.55. The molecule has 1 N–H and O–H groups in total. The van der Waals surface area contributed by atoms with Crippen LogP contribution in [0, 0.1) is 29.6 Å². The number of azo groups is 1. The zero-order chi connectivity index (χ0) is 33.1. The van der Waals surface area contributed by atoms with E-state index in [0.29, 0.717) is 42.0 Å². The molecule has 1 aliphatic heterocycles. The summed E-state index contributed by atoms with van der Waals surface area (Å²) < 4.78 is 26.3. The van der Waals surface area contributed by atoms with Crippen LogP contribution in [0.2, 0.25) is 0 Å². The highest BCUT2D eigenvalue weighted by molar-refractivity contribution is 7.91. The van der Waals surface area contributed by atoms with E-state index in [0.717, 1.165) is 30.6 Å². The lowest BCUT2D eigenvalue weighted by molar-refractivity contribution is -0.114. The van der Waals surface area contributed by atoms with Crippen molar-refractivity contribution in [2.75, 3.05) is 34.8 Å². The summed E-state index contributed by atoms with van der Waals surface area (Å²) in [7, 11) is -3.25. The lowest BCUT2D eigenvalue weighted by atomic mass is 10.1. The van der Waals surface area contributed by atoms with E-state index in [2.05, 4.69) is 39.5 Å². The van der Waals surface area contributed by atoms with Crippen molar-refractivity contribution in [1.82, 2.24) is 9.78 Å². The van der Waals surface area contributed by atoms with Crippen LogP contribution < -0.4 is 10.2 Å². The number of hydrogen-bond acceptors (Lipinski definition) is 9. The number of sulfone groups is 1. The minimum absolute atomic E-state index is 0.0328. The predicted octanol–water partition coefficient (Wildman–Crippen LogP) is 7.54. The van der Waals surface area contributed by atoms with Gasteiger partial charge in [0.2, 0.25) is 5.91 Å². The maximum Gasteiger partial charge on any atom is 0.221 e. The molecule has 1 saturated heterocycles. The van der Waals surface area contributed by atoms with Crippen LogP contribution in [0.15, 0.2) is 52.7 Å². The fourth-order valence-electron chi connectivity index (χ4n) is 5.76. The van der Waals surface area contributed by atoms with Gasteiger partial charge in [0.1, 0.15) is 23.0 Å². The summed E-state index contributed by atoms with van der Waals surface area (Å²) in [5.41, 5.74) is 3.92. The quantitative estimate of drug-likeness (QED) is 0.132. The summed E-state index contributed by atoms with van der Waals surface area (Å²) in [6.45, 7) is 6.91. The van der Waals surface area contributed by atoms with Crippen LogP contribution in [0.5, 0.6) is 0 Å². The monoisotopic (exact) mass is 642 g/mol. The number of nitrogens with one attached hydrogen (secondary N) is 1. The topological polar surface area (TPSA) is 157 Å². The first-order valence-corrected chi connectivity index (χ1v) is 17.7. The fourth-order valence-corrected chi connectivity index (χ4v) is 7.45. The van der Waals surface area contributed by atoms with Crippen molar-refractivity contribution < 1.29 is 13.2 Å². The molecule has 0 radical (unpaired) electrons. The summed E-state index contributed by atoms with van der Waals surface area (Å²) in [5.74, 6) is -0.183. The van der Waals surface area contributed by atoms with Crippen LogP contribution in [0.4, 0.5) is 22.9 Å². The highest BCUT2D eigenvalue weighted by atomic mass is 32.2. The Morgan fingerprint density at radius 3 is 2.48 bits per heavy atom. The van der Waals surface area contributed by atoms with Crippen LogP contribution >= 0.6 is 0 Å². The van der Waals surface area contributed by atoms with Crippen molar-refractivity contribution in [2.45, 2.75) is 78.2 Å². The van der Waals surface area contributed by atoms with E-state index in [1.807, 2.05) is 49.4 Å². The van der Waals surface area contributed by atoms with Crippen molar-refractivity contribution >= 4 is 38.6 Å². The van der Waals surface area contributed by atoms with Crippen LogP contribution in [0.3, 0.4) is 0 Å². The van der Waals surface area contributed by atoms with Gasteiger partial charge >= 0.3 is 0 Å². The first kappa shape index (κ1) is 34.3. The second kappa shape index (κ2) is 16.1. The second-order valence-electron chi connectivity index (χ2n) is 11.7. The molecule has 0 aliphatic carbocycles. The largest absolute Gasteiger partial charge is 0.370 e. The van der Waals surface area contributed by atoms with Crippen molar-refractivity contribution in [3.8, 4) is 23.4 Å². The number of aromatic nitrogens is 2. The van der Waals surface area contributed by atoms with Crippen molar-refractivity contribution in [1.29, 1.82) is 10.5 Å². The summed E-state index contributed by atoms with van der Waals surface area (Å²) in [6, 6.07) is 16.9. The van der Waals surface area contributed by atoms with Gasteiger partial charge in [-0.2, -0.15) is 15.6 Å². The Balaban J connectivity index is 1.73. The molecule has 4 rings (SSSR count). The van der Waals surface area contributed by atoms with Gasteiger partial charge in [-0.15, -0.1) is 10.2 Å². The molecule has 11 nitrogen and oxygen atoms in total.